The van der Waals surface area contributed by atoms with Crippen molar-refractivity contribution in [2.45, 2.75) is 37.6 Å². The van der Waals surface area contributed by atoms with Gasteiger partial charge in [0.15, 0.2) is 5.13 Å². The molecule has 5 rings (SSSR count). The fourth-order valence-electron chi connectivity index (χ4n) is 4.24. The number of anilines is 2. The SMILES string of the molecule is Cc1ccccc1N(C(=O)C1CSC2(C)CCC(=O)N12)c1nc2ccccc2s1. The van der Waals surface area contributed by atoms with Crippen molar-refractivity contribution >= 4 is 55.9 Å². The summed E-state index contributed by atoms with van der Waals surface area (Å²) < 4.78 is 1.04. The predicted molar refractivity (Wildman–Crippen MR) is 119 cm³/mol. The molecule has 2 atom stereocenters. The molecule has 0 spiro atoms. The normalized spacial score (nSPS) is 23.6. The maximum absolute atomic E-state index is 13.9. The Balaban J connectivity index is 1.62. The average Bonchev–Trinajstić information content (AvgIpc) is 3.36. The van der Waals surface area contributed by atoms with Gasteiger partial charge in [0, 0.05) is 12.2 Å². The van der Waals surface area contributed by atoms with E-state index in [1.165, 1.54) is 11.3 Å². The fourth-order valence-corrected chi connectivity index (χ4v) is 6.65. The second-order valence-corrected chi connectivity index (χ2v) is 10.2. The second-order valence-electron chi connectivity index (χ2n) is 7.69. The van der Waals surface area contributed by atoms with Gasteiger partial charge in [0.1, 0.15) is 6.04 Å². The zero-order valence-corrected chi connectivity index (χ0v) is 17.9. The molecule has 29 heavy (non-hydrogen) atoms. The van der Waals surface area contributed by atoms with Gasteiger partial charge in [0.2, 0.25) is 5.91 Å². The van der Waals surface area contributed by atoms with Crippen LogP contribution in [0.1, 0.15) is 25.3 Å². The van der Waals surface area contributed by atoms with E-state index in [1.807, 2.05) is 60.4 Å². The van der Waals surface area contributed by atoms with Crippen molar-refractivity contribution in [3.63, 3.8) is 0 Å². The van der Waals surface area contributed by atoms with Crippen LogP contribution in [0.5, 0.6) is 0 Å². The molecule has 5 nitrogen and oxygen atoms in total. The van der Waals surface area contributed by atoms with Crippen molar-refractivity contribution < 1.29 is 9.59 Å². The first-order valence-corrected chi connectivity index (χ1v) is 11.5. The maximum Gasteiger partial charge on any atom is 0.257 e. The maximum atomic E-state index is 13.9. The molecule has 2 unspecified atom stereocenters. The molecule has 2 amide bonds. The minimum absolute atomic E-state index is 0.0740. The number of carbonyl (C=O) groups excluding carboxylic acids is 2. The summed E-state index contributed by atoms with van der Waals surface area (Å²) in [7, 11) is 0. The number of thiazole rings is 1. The number of hydrogen-bond acceptors (Lipinski definition) is 5. The fraction of sp³-hybridized carbons (Fsp3) is 0.318. The van der Waals surface area contributed by atoms with Gasteiger partial charge in [-0.15, -0.1) is 11.8 Å². The molecule has 2 saturated heterocycles. The van der Waals surface area contributed by atoms with E-state index in [2.05, 4.69) is 6.92 Å². The van der Waals surface area contributed by atoms with E-state index < -0.39 is 6.04 Å². The van der Waals surface area contributed by atoms with Crippen LogP contribution in [-0.4, -0.2) is 38.4 Å². The third kappa shape index (κ3) is 2.95. The van der Waals surface area contributed by atoms with Crippen LogP contribution in [0.2, 0.25) is 0 Å². The number of fused-ring (bicyclic) bond motifs is 2. The third-order valence-corrected chi connectivity index (χ3v) is 8.31. The van der Waals surface area contributed by atoms with Gasteiger partial charge < -0.3 is 4.90 Å². The number of amides is 2. The van der Waals surface area contributed by atoms with Crippen molar-refractivity contribution in [3.8, 4) is 0 Å². The van der Waals surface area contributed by atoms with Crippen molar-refractivity contribution in [1.29, 1.82) is 0 Å². The Morgan fingerprint density at radius 3 is 2.76 bits per heavy atom. The van der Waals surface area contributed by atoms with Crippen molar-refractivity contribution in [1.82, 2.24) is 9.88 Å². The smallest absolute Gasteiger partial charge is 0.257 e. The zero-order chi connectivity index (χ0) is 20.2. The highest BCUT2D eigenvalue weighted by Crippen LogP contribution is 2.48. The molecule has 0 saturated carbocycles. The second kappa shape index (κ2) is 6.85. The van der Waals surface area contributed by atoms with Crippen molar-refractivity contribution in [2.75, 3.05) is 10.7 Å². The van der Waals surface area contributed by atoms with Gasteiger partial charge in [-0.25, -0.2) is 4.98 Å². The van der Waals surface area contributed by atoms with Crippen molar-refractivity contribution in [2.24, 2.45) is 0 Å². The molecule has 2 aliphatic rings. The summed E-state index contributed by atoms with van der Waals surface area (Å²) in [5, 5.41) is 0.649. The van der Waals surface area contributed by atoms with E-state index in [0.717, 1.165) is 27.9 Å². The molecule has 2 fully saturated rings. The van der Waals surface area contributed by atoms with E-state index in [4.69, 9.17) is 4.98 Å². The highest BCUT2D eigenvalue weighted by molar-refractivity contribution is 8.01. The van der Waals surface area contributed by atoms with Crippen LogP contribution in [0.15, 0.2) is 48.5 Å². The first-order valence-electron chi connectivity index (χ1n) is 9.69. The first kappa shape index (κ1) is 18.6. The Bertz CT molecular complexity index is 1090. The topological polar surface area (TPSA) is 53.5 Å². The molecule has 0 aliphatic carbocycles. The zero-order valence-electron chi connectivity index (χ0n) is 16.3. The molecule has 148 valence electrons. The van der Waals surface area contributed by atoms with Crippen LogP contribution in [-0.2, 0) is 9.59 Å². The minimum atomic E-state index is -0.466. The number of para-hydroxylation sites is 2. The number of carbonyl (C=O) groups is 2. The van der Waals surface area contributed by atoms with Gasteiger partial charge in [-0.05, 0) is 44.0 Å². The van der Waals surface area contributed by atoms with Gasteiger partial charge in [0.05, 0.1) is 20.8 Å². The highest BCUT2D eigenvalue weighted by atomic mass is 32.2. The minimum Gasteiger partial charge on any atom is -0.315 e. The van der Waals surface area contributed by atoms with Crippen molar-refractivity contribution in [3.05, 3.63) is 54.1 Å². The van der Waals surface area contributed by atoms with Gasteiger partial charge in [-0.2, -0.15) is 0 Å². The molecule has 7 heteroatoms. The number of thioether (sulfide) groups is 1. The molecule has 3 aromatic rings. The summed E-state index contributed by atoms with van der Waals surface area (Å²) in [4.78, 5) is 34.5. The lowest BCUT2D eigenvalue weighted by Gasteiger charge is -2.32. The molecule has 0 bridgehead atoms. The predicted octanol–water partition coefficient (Wildman–Crippen LogP) is 4.72. The largest absolute Gasteiger partial charge is 0.315 e. The summed E-state index contributed by atoms with van der Waals surface area (Å²) in [6.07, 6.45) is 1.31. The lowest BCUT2D eigenvalue weighted by atomic mass is 10.1. The van der Waals surface area contributed by atoms with Crippen LogP contribution in [0.3, 0.4) is 0 Å². The number of nitrogens with zero attached hydrogens (tertiary/aromatic N) is 3. The van der Waals surface area contributed by atoms with Crippen LogP contribution in [0, 0.1) is 6.92 Å². The van der Waals surface area contributed by atoms with Gasteiger partial charge in [0.25, 0.3) is 5.91 Å². The summed E-state index contributed by atoms with van der Waals surface area (Å²) in [6.45, 7) is 4.07. The third-order valence-electron chi connectivity index (χ3n) is 5.78. The molecule has 1 aromatic heterocycles. The summed E-state index contributed by atoms with van der Waals surface area (Å²) >= 11 is 3.22. The summed E-state index contributed by atoms with van der Waals surface area (Å²) in [5.74, 6) is 0.615. The highest BCUT2D eigenvalue weighted by Gasteiger charge is 2.54. The lowest BCUT2D eigenvalue weighted by molar-refractivity contribution is -0.136. The first-order chi connectivity index (χ1) is 14.0. The molecule has 2 aromatic carbocycles. The molecule has 0 N–H and O–H groups in total. The van der Waals surface area contributed by atoms with E-state index in [9.17, 15) is 9.59 Å². The Morgan fingerprint density at radius 1 is 1.21 bits per heavy atom. The number of rotatable bonds is 3. The van der Waals surface area contributed by atoms with Gasteiger partial charge in [-0.1, -0.05) is 41.7 Å². The molecule has 2 aliphatic heterocycles. The number of benzene rings is 2. The number of aromatic nitrogens is 1. The van der Waals surface area contributed by atoms with Gasteiger partial charge in [-0.3, -0.25) is 14.5 Å². The summed E-state index contributed by atoms with van der Waals surface area (Å²) in [6, 6.07) is 15.3. The molecular formula is C22H21N3O2S2. The summed E-state index contributed by atoms with van der Waals surface area (Å²) in [5.41, 5.74) is 2.70. The Labute approximate surface area is 177 Å². The standard InChI is InChI=1S/C22H21N3O2S2/c1-14-7-3-5-9-16(14)24(21-23-15-8-4-6-10-18(15)29-21)20(27)17-13-28-22(2)12-11-19(26)25(17)22/h3-10,17H,11-13H2,1-2H3. The van der Waals surface area contributed by atoms with E-state index >= 15 is 0 Å². The van der Waals surface area contributed by atoms with E-state index in [-0.39, 0.29) is 16.7 Å². The Morgan fingerprint density at radius 2 is 1.97 bits per heavy atom. The van der Waals surface area contributed by atoms with Crippen LogP contribution in [0.25, 0.3) is 10.2 Å². The molecule has 0 radical (unpaired) electrons. The average molecular weight is 424 g/mol. The number of hydrogen-bond donors (Lipinski definition) is 0. The van der Waals surface area contributed by atoms with Crippen LogP contribution < -0.4 is 4.90 Å². The van der Waals surface area contributed by atoms with Crippen LogP contribution >= 0.6 is 23.1 Å². The van der Waals surface area contributed by atoms with Crippen LogP contribution in [0.4, 0.5) is 10.8 Å². The Kier molecular flexibility index (Phi) is 4.40. The van der Waals surface area contributed by atoms with Gasteiger partial charge >= 0.3 is 0 Å². The number of aryl methyl sites for hydroxylation is 1. The molecule has 3 heterocycles. The van der Waals surface area contributed by atoms with E-state index in [1.54, 1.807) is 16.7 Å². The quantitative estimate of drug-likeness (QED) is 0.611. The molecular weight excluding hydrogens is 402 g/mol. The Hall–Kier alpha value is -2.38. The van der Waals surface area contributed by atoms with E-state index in [0.29, 0.717) is 17.3 Å². The lowest BCUT2D eigenvalue weighted by Crippen LogP contribution is -2.50. The monoisotopic (exact) mass is 423 g/mol.